The number of hydrogen-bond acceptors (Lipinski definition) is 4. The van der Waals surface area contributed by atoms with Crippen molar-refractivity contribution in [2.75, 3.05) is 31.2 Å². The first-order valence-corrected chi connectivity index (χ1v) is 9.47. The number of rotatable bonds is 4. The summed E-state index contributed by atoms with van der Waals surface area (Å²) in [5.41, 5.74) is 0.731. The molecule has 2 atom stereocenters. The van der Waals surface area contributed by atoms with Crippen molar-refractivity contribution < 1.29 is 14.4 Å². The van der Waals surface area contributed by atoms with Crippen molar-refractivity contribution in [1.82, 2.24) is 9.80 Å². The summed E-state index contributed by atoms with van der Waals surface area (Å²) in [4.78, 5) is 40.3. The number of para-hydroxylation sites is 1. The summed E-state index contributed by atoms with van der Waals surface area (Å²) in [7, 11) is 1.86. The van der Waals surface area contributed by atoms with Crippen molar-refractivity contribution in [3.05, 3.63) is 24.3 Å². The standard InChI is InChI=1S/C18H23N3O3S/c1-12(22)19-14-5-3-4-6-16(14)25-11-18(24)21-8-7-15-13(10-21)9-17(23)20(15)2/h3-6,13,15H,7-11H2,1-2H3,(H,19,22)/t13-,15+/m1/s1. The first-order valence-electron chi connectivity index (χ1n) is 8.48. The Hall–Kier alpha value is -2.02. The Bertz CT molecular complexity index is 694. The Morgan fingerprint density at radius 3 is 2.84 bits per heavy atom. The van der Waals surface area contributed by atoms with Gasteiger partial charge in [-0.3, -0.25) is 14.4 Å². The highest BCUT2D eigenvalue weighted by Crippen LogP contribution is 2.32. The lowest BCUT2D eigenvalue weighted by Gasteiger charge is -2.36. The average molecular weight is 361 g/mol. The Kier molecular flexibility index (Phi) is 5.32. The van der Waals surface area contributed by atoms with Gasteiger partial charge in [-0.15, -0.1) is 11.8 Å². The average Bonchev–Trinajstić information content (AvgIpc) is 2.87. The molecule has 1 N–H and O–H groups in total. The molecule has 2 aliphatic rings. The minimum absolute atomic E-state index is 0.0862. The predicted octanol–water partition coefficient (Wildman–Crippen LogP) is 1.82. The molecule has 2 heterocycles. The highest BCUT2D eigenvalue weighted by molar-refractivity contribution is 8.00. The van der Waals surface area contributed by atoms with E-state index >= 15 is 0 Å². The molecular weight excluding hydrogens is 338 g/mol. The molecule has 0 saturated carbocycles. The van der Waals surface area contributed by atoms with Crippen LogP contribution >= 0.6 is 11.8 Å². The third kappa shape index (κ3) is 3.98. The van der Waals surface area contributed by atoms with Gasteiger partial charge in [0.1, 0.15) is 0 Å². The molecule has 1 aromatic rings. The molecule has 0 unspecified atom stereocenters. The van der Waals surface area contributed by atoms with E-state index in [-0.39, 0.29) is 29.7 Å². The number of piperidine rings is 1. The third-order valence-electron chi connectivity index (χ3n) is 4.92. The number of hydrogen-bond donors (Lipinski definition) is 1. The highest BCUT2D eigenvalue weighted by Gasteiger charge is 2.41. The zero-order chi connectivity index (χ0) is 18.0. The van der Waals surface area contributed by atoms with Crippen LogP contribution in [0.4, 0.5) is 5.69 Å². The second-order valence-electron chi connectivity index (χ2n) is 6.63. The van der Waals surface area contributed by atoms with Gasteiger partial charge in [0.15, 0.2) is 0 Å². The quantitative estimate of drug-likeness (QED) is 0.831. The van der Waals surface area contributed by atoms with Gasteiger partial charge in [0.25, 0.3) is 0 Å². The monoisotopic (exact) mass is 361 g/mol. The summed E-state index contributed by atoms with van der Waals surface area (Å²) in [6.07, 6.45) is 1.40. The molecule has 3 amide bonds. The topological polar surface area (TPSA) is 69.7 Å². The molecule has 6 nitrogen and oxygen atoms in total. The van der Waals surface area contributed by atoms with Gasteiger partial charge < -0.3 is 15.1 Å². The van der Waals surface area contributed by atoms with Crippen LogP contribution in [0, 0.1) is 5.92 Å². The summed E-state index contributed by atoms with van der Waals surface area (Å²) < 4.78 is 0. The SMILES string of the molecule is CC(=O)Nc1ccccc1SCC(=O)N1CC[C@H]2[C@H](CC(=O)N2C)C1. The normalized spacial score (nSPS) is 22.7. The van der Waals surface area contributed by atoms with Crippen LogP contribution in [-0.2, 0) is 14.4 Å². The number of carbonyl (C=O) groups is 3. The number of thioether (sulfide) groups is 1. The van der Waals surface area contributed by atoms with Crippen molar-refractivity contribution in [1.29, 1.82) is 0 Å². The maximum absolute atomic E-state index is 12.6. The van der Waals surface area contributed by atoms with E-state index in [0.717, 1.165) is 17.0 Å². The summed E-state index contributed by atoms with van der Waals surface area (Å²) in [6.45, 7) is 2.83. The molecule has 134 valence electrons. The molecule has 0 radical (unpaired) electrons. The largest absolute Gasteiger partial charge is 0.342 e. The van der Waals surface area contributed by atoms with Crippen molar-refractivity contribution in [2.45, 2.75) is 30.7 Å². The van der Waals surface area contributed by atoms with Crippen LogP contribution in [0.1, 0.15) is 19.8 Å². The molecular formula is C18H23N3O3S. The molecule has 0 bridgehead atoms. The van der Waals surface area contributed by atoms with Crippen LogP contribution in [0.2, 0.25) is 0 Å². The van der Waals surface area contributed by atoms with Crippen LogP contribution in [-0.4, -0.2) is 59.5 Å². The van der Waals surface area contributed by atoms with E-state index in [1.165, 1.54) is 18.7 Å². The summed E-state index contributed by atoms with van der Waals surface area (Å²) in [6, 6.07) is 7.77. The fourth-order valence-electron chi connectivity index (χ4n) is 3.63. The van der Waals surface area contributed by atoms with Crippen LogP contribution in [0.25, 0.3) is 0 Å². The minimum atomic E-state index is -0.128. The van der Waals surface area contributed by atoms with Gasteiger partial charge in [0.2, 0.25) is 17.7 Å². The molecule has 0 aliphatic carbocycles. The second-order valence-corrected chi connectivity index (χ2v) is 7.65. The lowest BCUT2D eigenvalue weighted by molar-refractivity contribution is -0.130. The first-order chi connectivity index (χ1) is 12.0. The maximum atomic E-state index is 12.6. The molecule has 25 heavy (non-hydrogen) atoms. The third-order valence-corrected chi connectivity index (χ3v) is 5.98. The lowest BCUT2D eigenvalue weighted by Crippen LogP contribution is -2.48. The number of amides is 3. The fourth-order valence-corrected chi connectivity index (χ4v) is 4.54. The van der Waals surface area contributed by atoms with Crippen molar-refractivity contribution in [2.24, 2.45) is 5.92 Å². The van der Waals surface area contributed by atoms with Gasteiger partial charge in [-0.2, -0.15) is 0 Å². The predicted molar refractivity (Wildman–Crippen MR) is 97.3 cm³/mol. The first kappa shape index (κ1) is 17.8. The van der Waals surface area contributed by atoms with Gasteiger partial charge in [-0.25, -0.2) is 0 Å². The van der Waals surface area contributed by atoms with Crippen molar-refractivity contribution >= 4 is 35.2 Å². The summed E-state index contributed by atoms with van der Waals surface area (Å²) in [5.74, 6) is 0.729. The smallest absolute Gasteiger partial charge is 0.232 e. The number of fused-ring (bicyclic) bond motifs is 1. The zero-order valence-corrected chi connectivity index (χ0v) is 15.3. The highest BCUT2D eigenvalue weighted by atomic mass is 32.2. The van der Waals surface area contributed by atoms with Gasteiger partial charge in [0.05, 0.1) is 11.4 Å². The van der Waals surface area contributed by atoms with Crippen LogP contribution in [0.3, 0.4) is 0 Å². The number of likely N-dealkylation sites (tertiary alicyclic amines) is 2. The Morgan fingerprint density at radius 1 is 1.32 bits per heavy atom. The number of carbonyl (C=O) groups excluding carboxylic acids is 3. The van der Waals surface area contributed by atoms with Crippen molar-refractivity contribution in [3.63, 3.8) is 0 Å². The summed E-state index contributed by atoms with van der Waals surface area (Å²) >= 11 is 1.43. The van der Waals surface area contributed by atoms with Gasteiger partial charge >= 0.3 is 0 Å². The molecule has 2 saturated heterocycles. The molecule has 1 aromatic carbocycles. The Balaban J connectivity index is 1.57. The molecule has 3 rings (SSSR count). The van der Waals surface area contributed by atoms with E-state index in [1.54, 1.807) is 0 Å². The van der Waals surface area contributed by atoms with E-state index in [4.69, 9.17) is 0 Å². The van der Waals surface area contributed by atoms with E-state index in [1.807, 2.05) is 41.1 Å². The van der Waals surface area contributed by atoms with E-state index in [0.29, 0.717) is 25.3 Å². The molecule has 0 spiro atoms. The van der Waals surface area contributed by atoms with Crippen LogP contribution in [0.5, 0.6) is 0 Å². The second kappa shape index (κ2) is 7.47. The fraction of sp³-hybridized carbons (Fsp3) is 0.500. The molecule has 2 fully saturated rings. The van der Waals surface area contributed by atoms with Gasteiger partial charge in [-0.05, 0) is 18.6 Å². The van der Waals surface area contributed by atoms with Gasteiger partial charge in [-0.1, -0.05) is 12.1 Å². The summed E-state index contributed by atoms with van der Waals surface area (Å²) in [5, 5.41) is 2.79. The van der Waals surface area contributed by atoms with Crippen LogP contribution in [0.15, 0.2) is 29.2 Å². The van der Waals surface area contributed by atoms with E-state index in [2.05, 4.69) is 5.32 Å². The van der Waals surface area contributed by atoms with Gasteiger partial charge in [0, 0.05) is 50.3 Å². The number of benzene rings is 1. The molecule has 7 heteroatoms. The van der Waals surface area contributed by atoms with Crippen LogP contribution < -0.4 is 5.32 Å². The maximum Gasteiger partial charge on any atom is 0.232 e. The van der Waals surface area contributed by atoms with Crippen molar-refractivity contribution in [3.8, 4) is 0 Å². The number of nitrogens with one attached hydrogen (secondary N) is 1. The lowest BCUT2D eigenvalue weighted by atomic mass is 9.93. The number of anilines is 1. The minimum Gasteiger partial charge on any atom is -0.342 e. The molecule has 2 aliphatic heterocycles. The number of nitrogens with zero attached hydrogens (tertiary/aromatic N) is 2. The van der Waals surface area contributed by atoms with E-state index in [9.17, 15) is 14.4 Å². The molecule has 0 aromatic heterocycles. The van der Waals surface area contributed by atoms with E-state index < -0.39 is 0 Å². The Morgan fingerprint density at radius 2 is 2.08 bits per heavy atom. The Labute approximate surface area is 151 Å². The zero-order valence-electron chi connectivity index (χ0n) is 14.5.